The van der Waals surface area contributed by atoms with Crippen LogP contribution in [0.25, 0.3) is 0 Å². The summed E-state index contributed by atoms with van der Waals surface area (Å²) in [5.74, 6) is -2.39. The van der Waals surface area contributed by atoms with Crippen LogP contribution in [0.1, 0.15) is 29.6 Å². The van der Waals surface area contributed by atoms with E-state index in [4.69, 9.17) is 5.11 Å². The van der Waals surface area contributed by atoms with Gasteiger partial charge in [0, 0.05) is 12.6 Å². The van der Waals surface area contributed by atoms with Crippen molar-refractivity contribution in [1.82, 2.24) is 4.90 Å². The summed E-state index contributed by atoms with van der Waals surface area (Å²) in [7, 11) is 0. The standard InChI is InChI=1S/C13H15F2NO2/c14-10-5-2-6-11(15)12(10)13(18)16(7-8-17)9-3-1-4-9/h2,5-6,9,17H,1,3-4,7-8H2. The Balaban J connectivity index is 2.27. The lowest BCUT2D eigenvalue weighted by Gasteiger charge is -2.37. The van der Waals surface area contributed by atoms with E-state index in [2.05, 4.69) is 0 Å². The Labute approximate surface area is 104 Å². The maximum Gasteiger partial charge on any atom is 0.260 e. The summed E-state index contributed by atoms with van der Waals surface area (Å²) >= 11 is 0. The van der Waals surface area contributed by atoms with Crippen molar-refractivity contribution in [2.75, 3.05) is 13.2 Å². The molecule has 0 unspecified atom stereocenters. The minimum absolute atomic E-state index is 0.0105. The van der Waals surface area contributed by atoms with E-state index in [9.17, 15) is 13.6 Å². The fraction of sp³-hybridized carbons (Fsp3) is 0.462. The molecule has 1 aromatic rings. The third-order valence-electron chi connectivity index (χ3n) is 3.29. The van der Waals surface area contributed by atoms with Gasteiger partial charge >= 0.3 is 0 Å². The van der Waals surface area contributed by atoms with Crippen LogP contribution < -0.4 is 0 Å². The second kappa shape index (κ2) is 5.44. The topological polar surface area (TPSA) is 40.5 Å². The molecule has 0 aliphatic heterocycles. The lowest BCUT2D eigenvalue weighted by Crippen LogP contribution is -2.46. The smallest absolute Gasteiger partial charge is 0.260 e. The third kappa shape index (κ3) is 2.36. The maximum absolute atomic E-state index is 13.5. The van der Waals surface area contributed by atoms with Gasteiger partial charge in [0.1, 0.15) is 17.2 Å². The summed E-state index contributed by atoms with van der Waals surface area (Å²) in [5, 5.41) is 8.96. The Morgan fingerprint density at radius 1 is 1.33 bits per heavy atom. The molecule has 3 nitrogen and oxygen atoms in total. The number of rotatable bonds is 4. The second-order valence-corrected chi connectivity index (χ2v) is 4.40. The number of hydrogen-bond donors (Lipinski definition) is 1. The predicted octanol–water partition coefficient (Wildman–Crippen LogP) is 1.95. The number of benzene rings is 1. The summed E-state index contributed by atoms with van der Waals surface area (Å²) < 4.78 is 27.1. The quantitative estimate of drug-likeness (QED) is 0.893. The van der Waals surface area contributed by atoms with E-state index < -0.39 is 23.1 Å². The van der Waals surface area contributed by atoms with E-state index in [1.807, 2.05) is 0 Å². The molecule has 1 N–H and O–H groups in total. The van der Waals surface area contributed by atoms with Gasteiger partial charge in [0.15, 0.2) is 0 Å². The molecular weight excluding hydrogens is 240 g/mol. The minimum atomic E-state index is -0.859. The average molecular weight is 255 g/mol. The molecule has 1 saturated carbocycles. The highest BCUT2D eigenvalue weighted by Gasteiger charge is 2.31. The third-order valence-corrected chi connectivity index (χ3v) is 3.29. The van der Waals surface area contributed by atoms with Gasteiger partial charge < -0.3 is 10.0 Å². The molecule has 5 heteroatoms. The lowest BCUT2D eigenvalue weighted by atomic mass is 9.91. The Morgan fingerprint density at radius 2 is 1.94 bits per heavy atom. The molecule has 1 aromatic carbocycles. The fourth-order valence-corrected chi connectivity index (χ4v) is 2.10. The molecule has 1 aliphatic carbocycles. The Morgan fingerprint density at radius 3 is 2.39 bits per heavy atom. The van der Waals surface area contributed by atoms with Crippen molar-refractivity contribution in [3.05, 3.63) is 35.4 Å². The molecule has 0 atom stereocenters. The van der Waals surface area contributed by atoms with Crippen LogP contribution in [0.4, 0.5) is 8.78 Å². The van der Waals surface area contributed by atoms with Crippen LogP contribution in [0.15, 0.2) is 18.2 Å². The van der Waals surface area contributed by atoms with Crippen LogP contribution in [0.2, 0.25) is 0 Å². The Bertz CT molecular complexity index is 426. The minimum Gasteiger partial charge on any atom is -0.395 e. The van der Waals surface area contributed by atoms with Gasteiger partial charge in [-0.25, -0.2) is 8.78 Å². The Kier molecular flexibility index (Phi) is 3.91. The molecule has 0 radical (unpaired) electrons. The number of aliphatic hydroxyl groups is 1. The summed E-state index contributed by atoms with van der Waals surface area (Å²) in [6.07, 6.45) is 2.64. The van der Waals surface area contributed by atoms with E-state index in [1.54, 1.807) is 0 Å². The molecule has 18 heavy (non-hydrogen) atoms. The molecule has 0 bridgehead atoms. The number of halogens is 2. The van der Waals surface area contributed by atoms with Crippen LogP contribution in [-0.4, -0.2) is 35.1 Å². The van der Waals surface area contributed by atoms with Gasteiger partial charge in [-0.1, -0.05) is 6.07 Å². The largest absolute Gasteiger partial charge is 0.395 e. The summed E-state index contributed by atoms with van der Waals surface area (Å²) in [6.45, 7) is -0.102. The van der Waals surface area contributed by atoms with Crippen molar-refractivity contribution in [2.24, 2.45) is 0 Å². The van der Waals surface area contributed by atoms with Crippen molar-refractivity contribution in [3.63, 3.8) is 0 Å². The van der Waals surface area contributed by atoms with Crippen molar-refractivity contribution in [3.8, 4) is 0 Å². The SMILES string of the molecule is O=C(c1c(F)cccc1F)N(CCO)C1CCC1. The molecule has 1 fully saturated rings. The number of carbonyl (C=O) groups excluding carboxylic acids is 1. The molecule has 0 aromatic heterocycles. The predicted molar refractivity (Wildman–Crippen MR) is 62.1 cm³/mol. The van der Waals surface area contributed by atoms with Crippen molar-refractivity contribution < 1.29 is 18.7 Å². The van der Waals surface area contributed by atoms with Crippen LogP contribution in [0, 0.1) is 11.6 Å². The van der Waals surface area contributed by atoms with Gasteiger partial charge in [0.25, 0.3) is 5.91 Å². The number of amides is 1. The maximum atomic E-state index is 13.5. The van der Waals surface area contributed by atoms with Gasteiger partial charge in [0.05, 0.1) is 6.61 Å². The first-order valence-electron chi connectivity index (χ1n) is 6.01. The number of hydrogen-bond acceptors (Lipinski definition) is 2. The van der Waals surface area contributed by atoms with Gasteiger partial charge in [0.2, 0.25) is 0 Å². The van der Waals surface area contributed by atoms with Gasteiger partial charge in [-0.15, -0.1) is 0 Å². The highest BCUT2D eigenvalue weighted by molar-refractivity contribution is 5.95. The van der Waals surface area contributed by atoms with Gasteiger partial charge in [-0.05, 0) is 31.4 Å². The molecule has 0 heterocycles. The molecule has 2 rings (SSSR count). The van der Waals surface area contributed by atoms with E-state index in [1.165, 1.54) is 11.0 Å². The first kappa shape index (κ1) is 13.0. The monoisotopic (exact) mass is 255 g/mol. The number of aliphatic hydroxyl groups excluding tert-OH is 1. The Hall–Kier alpha value is -1.49. The summed E-state index contributed by atoms with van der Waals surface area (Å²) in [6, 6.07) is 3.34. The molecule has 1 aliphatic rings. The van der Waals surface area contributed by atoms with Crippen molar-refractivity contribution in [2.45, 2.75) is 25.3 Å². The first-order valence-corrected chi connectivity index (χ1v) is 6.01. The summed E-state index contributed by atoms with van der Waals surface area (Å²) in [5.41, 5.74) is -0.530. The molecule has 0 spiro atoms. The highest BCUT2D eigenvalue weighted by Crippen LogP contribution is 2.27. The average Bonchev–Trinajstić information content (AvgIpc) is 2.25. The number of carbonyl (C=O) groups is 1. The number of nitrogens with zero attached hydrogens (tertiary/aromatic N) is 1. The van der Waals surface area contributed by atoms with Crippen LogP contribution in [0.3, 0.4) is 0 Å². The van der Waals surface area contributed by atoms with Crippen LogP contribution in [0.5, 0.6) is 0 Å². The lowest BCUT2D eigenvalue weighted by molar-refractivity contribution is 0.0516. The van der Waals surface area contributed by atoms with E-state index >= 15 is 0 Å². The zero-order valence-electron chi connectivity index (χ0n) is 9.90. The van der Waals surface area contributed by atoms with Gasteiger partial charge in [-0.3, -0.25) is 4.79 Å². The van der Waals surface area contributed by atoms with Crippen molar-refractivity contribution >= 4 is 5.91 Å². The summed E-state index contributed by atoms with van der Waals surface area (Å²) in [4.78, 5) is 13.5. The molecule has 0 saturated heterocycles. The van der Waals surface area contributed by atoms with E-state index in [0.29, 0.717) is 0 Å². The van der Waals surface area contributed by atoms with Gasteiger partial charge in [-0.2, -0.15) is 0 Å². The molecule has 1 amide bonds. The van der Waals surface area contributed by atoms with Crippen molar-refractivity contribution in [1.29, 1.82) is 0 Å². The zero-order valence-corrected chi connectivity index (χ0v) is 9.90. The fourth-order valence-electron chi connectivity index (χ4n) is 2.10. The first-order chi connectivity index (χ1) is 8.65. The van der Waals surface area contributed by atoms with Crippen LogP contribution >= 0.6 is 0 Å². The second-order valence-electron chi connectivity index (χ2n) is 4.40. The normalized spacial score (nSPS) is 15.3. The van der Waals surface area contributed by atoms with E-state index in [0.717, 1.165) is 31.4 Å². The molecular formula is C13H15F2NO2. The molecule has 98 valence electrons. The zero-order chi connectivity index (χ0) is 13.1. The van der Waals surface area contributed by atoms with E-state index in [-0.39, 0.29) is 19.2 Å². The van der Waals surface area contributed by atoms with Crippen LogP contribution in [-0.2, 0) is 0 Å². The highest BCUT2D eigenvalue weighted by atomic mass is 19.1.